The number of nitrogens with two attached hydrogens (primary N) is 1. The van der Waals surface area contributed by atoms with Crippen LogP contribution in [0.1, 0.15) is 24.8 Å². The van der Waals surface area contributed by atoms with Gasteiger partial charge in [0.25, 0.3) is 0 Å². The topological polar surface area (TPSA) is 42.1 Å². The quantitative estimate of drug-likeness (QED) is 0.862. The molecule has 1 saturated carbocycles. The molecular formula is C14H18F3N3. The molecule has 1 unspecified atom stereocenters. The lowest BCUT2D eigenvalue weighted by atomic mass is 9.79. The van der Waals surface area contributed by atoms with Gasteiger partial charge in [-0.25, -0.2) is 4.98 Å². The van der Waals surface area contributed by atoms with Crippen molar-refractivity contribution in [3.8, 4) is 0 Å². The molecule has 2 aliphatic rings. The summed E-state index contributed by atoms with van der Waals surface area (Å²) in [5.41, 5.74) is 5.34. The first-order valence-corrected chi connectivity index (χ1v) is 6.97. The van der Waals surface area contributed by atoms with E-state index in [0.717, 1.165) is 44.5 Å². The van der Waals surface area contributed by atoms with Crippen LogP contribution in [0.4, 0.5) is 19.0 Å². The van der Waals surface area contributed by atoms with Crippen LogP contribution in [-0.2, 0) is 6.18 Å². The molecule has 0 aromatic carbocycles. The largest absolute Gasteiger partial charge is 0.416 e. The summed E-state index contributed by atoms with van der Waals surface area (Å²) >= 11 is 0. The van der Waals surface area contributed by atoms with Gasteiger partial charge >= 0.3 is 6.18 Å². The molecule has 2 heterocycles. The summed E-state index contributed by atoms with van der Waals surface area (Å²) in [6.45, 7) is 1.57. The second-order valence-corrected chi connectivity index (χ2v) is 5.90. The summed E-state index contributed by atoms with van der Waals surface area (Å²) in [6.07, 6.45) is -0.00908. The molecule has 1 aromatic heterocycles. The smallest absolute Gasteiger partial charge is 0.356 e. The highest BCUT2D eigenvalue weighted by atomic mass is 19.4. The van der Waals surface area contributed by atoms with Crippen molar-refractivity contribution in [3.63, 3.8) is 0 Å². The molecule has 1 aromatic rings. The number of anilines is 1. The van der Waals surface area contributed by atoms with Gasteiger partial charge in [-0.1, -0.05) is 0 Å². The van der Waals surface area contributed by atoms with Crippen molar-refractivity contribution >= 4 is 5.82 Å². The number of nitrogens with zero attached hydrogens (tertiary/aromatic N) is 2. The third-order valence-corrected chi connectivity index (χ3v) is 4.49. The fraction of sp³-hybridized carbons (Fsp3) is 0.643. The van der Waals surface area contributed by atoms with Gasteiger partial charge in [-0.2, -0.15) is 13.2 Å². The molecule has 1 aliphatic heterocycles. The highest BCUT2D eigenvalue weighted by molar-refractivity contribution is 5.43. The van der Waals surface area contributed by atoms with Crippen molar-refractivity contribution in [2.24, 2.45) is 17.6 Å². The molecule has 3 nitrogen and oxygen atoms in total. The van der Waals surface area contributed by atoms with Crippen LogP contribution in [0.25, 0.3) is 0 Å². The third kappa shape index (κ3) is 2.61. The van der Waals surface area contributed by atoms with E-state index >= 15 is 0 Å². The average molecular weight is 285 g/mol. The number of hydrogen-bond donors (Lipinski definition) is 1. The standard InChI is InChI=1S/C14H18F3N3/c15-14(16,17)11-3-4-19-13(6-11)20-7-9-1-2-12(18)5-10(9)8-20/h3-4,6,9-10,12H,1-2,5,7-8,18H2/t9-,10+,12?/m1/s1. The summed E-state index contributed by atoms with van der Waals surface area (Å²) in [6, 6.07) is 2.41. The average Bonchev–Trinajstić information content (AvgIpc) is 2.81. The van der Waals surface area contributed by atoms with Crippen LogP contribution >= 0.6 is 0 Å². The predicted molar refractivity (Wildman–Crippen MR) is 70.3 cm³/mol. The van der Waals surface area contributed by atoms with Gasteiger partial charge in [0.2, 0.25) is 0 Å². The molecule has 2 N–H and O–H groups in total. The summed E-state index contributed by atoms with van der Waals surface area (Å²) in [7, 11) is 0. The molecule has 0 amide bonds. The molecule has 1 saturated heterocycles. The molecule has 2 fully saturated rings. The minimum Gasteiger partial charge on any atom is -0.356 e. The van der Waals surface area contributed by atoms with Crippen molar-refractivity contribution < 1.29 is 13.2 Å². The Balaban J connectivity index is 1.78. The van der Waals surface area contributed by atoms with E-state index in [2.05, 4.69) is 4.98 Å². The Kier molecular flexibility index (Phi) is 3.36. The molecule has 1 aliphatic carbocycles. The fourth-order valence-electron chi connectivity index (χ4n) is 3.42. The van der Waals surface area contributed by atoms with E-state index in [-0.39, 0.29) is 6.04 Å². The van der Waals surface area contributed by atoms with Gasteiger partial charge in [-0.3, -0.25) is 0 Å². The Morgan fingerprint density at radius 1 is 1.20 bits per heavy atom. The number of alkyl halides is 3. The predicted octanol–water partition coefficient (Wildman–Crippen LogP) is 2.66. The minimum atomic E-state index is -4.31. The Hall–Kier alpha value is -1.30. The third-order valence-electron chi connectivity index (χ3n) is 4.49. The zero-order valence-electron chi connectivity index (χ0n) is 11.1. The Labute approximate surface area is 116 Å². The highest BCUT2D eigenvalue weighted by Gasteiger charge is 2.38. The van der Waals surface area contributed by atoms with Crippen LogP contribution in [0, 0.1) is 11.8 Å². The van der Waals surface area contributed by atoms with Crippen molar-refractivity contribution in [1.82, 2.24) is 4.98 Å². The summed E-state index contributed by atoms with van der Waals surface area (Å²) in [5, 5.41) is 0. The molecule has 20 heavy (non-hydrogen) atoms. The lowest BCUT2D eigenvalue weighted by molar-refractivity contribution is -0.137. The van der Waals surface area contributed by atoms with E-state index in [9.17, 15) is 13.2 Å². The van der Waals surface area contributed by atoms with E-state index in [4.69, 9.17) is 5.73 Å². The number of rotatable bonds is 1. The van der Waals surface area contributed by atoms with Crippen LogP contribution in [-0.4, -0.2) is 24.1 Å². The van der Waals surface area contributed by atoms with Crippen molar-refractivity contribution in [1.29, 1.82) is 0 Å². The SMILES string of the molecule is NC1CC[C@@H]2CN(c3cc(C(F)(F)F)ccn3)C[C@@H]2C1. The van der Waals surface area contributed by atoms with Gasteiger partial charge in [0.05, 0.1) is 5.56 Å². The molecule has 0 radical (unpaired) electrons. The number of hydrogen-bond acceptors (Lipinski definition) is 3. The fourth-order valence-corrected chi connectivity index (χ4v) is 3.42. The second kappa shape index (κ2) is 4.91. The summed E-state index contributed by atoms with van der Waals surface area (Å²) in [5.74, 6) is 1.48. The Morgan fingerprint density at radius 2 is 1.95 bits per heavy atom. The van der Waals surface area contributed by atoms with E-state index in [1.54, 1.807) is 0 Å². The van der Waals surface area contributed by atoms with Crippen LogP contribution in [0.2, 0.25) is 0 Å². The first kappa shape index (κ1) is 13.7. The van der Waals surface area contributed by atoms with Crippen molar-refractivity contribution in [2.45, 2.75) is 31.5 Å². The van der Waals surface area contributed by atoms with Crippen molar-refractivity contribution in [2.75, 3.05) is 18.0 Å². The zero-order chi connectivity index (χ0) is 14.3. The number of aromatic nitrogens is 1. The van der Waals surface area contributed by atoms with E-state index < -0.39 is 11.7 Å². The number of pyridine rings is 1. The molecular weight excluding hydrogens is 267 g/mol. The van der Waals surface area contributed by atoms with Gasteiger partial charge in [0, 0.05) is 25.3 Å². The lowest BCUT2D eigenvalue weighted by Crippen LogP contribution is -2.32. The van der Waals surface area contributed by atoms with Gasteiger partial charge in [-0.05, 0) is 43.2 Å². The Morgan fingerprint density at radius 3 is 2.70 bits per heavy atom. The number of fused-ring (bicyclic) bond motifs is 1. The zero-order valence-corrected chi connectivity index (χ0v) is 11.1. The Bertz CT molecular complexity index is 489. The highest BCUT2D eigenvalue weighted by Crippen LogP contribution is 2.38. The number of halogens is 3. The van der Waals surface area contributed by atoms with E-state index in [1.165, 1.54) is 6.20 Å². The molecule has 3 rings (SSSR count). The molecule has 3 atom stereocenters. The molecule has 0 bridgehead atoms. The van der Waals surface area contributed by atoms with E-state index in [0.29, 0.717) is 17.7 Å². The maximum atomic E-state index is 12.7. The van der Waals surface area contributed by atoms with Crippen LogP contribution in [0.15, 0.2) is 18.3 Å². The maximum absolute atomic E-state index is 12.7. The minimum absolute atomic E-state index is 0.241. The van der Waals surface area contributed by atoms with Crippen LogP contribution in [0.3, 0.4) is 0 Å². The monoisotopic (exact) mass is 285 g/mol. The van der Waals surface area contributed by atoms with E-state index in [1.807, 2.05) is 4.90 Å². The van der Waals surface area contributed by atoms with Gasteiger partial charge in [0.15, 0.2) is 0 Å². The van der Waals surface area contributed by atoms with Gasteiger partial charge in [0.1, 0.15) is 5.82 Å². The summed E-state index contributed by atoms with van der Waals surface area (Å²) < 4.78 is 38.2. The first-order valence-electron chi connectivity index (χ1n) is 6.97. The first-order chi connectivity index (χ1) is 9.43. The molecule has 110 valence electrons. The van der Waals surface area contributed by atoms with Gasteiger partial charge < -0.3 is 10.6 Å². The van der Waals surface area contributed by atoms with Crippen LogP contribution < -0.4 is 10.6 Å². The lowest BCUT2D eigenvalue weighted by Gasteiger charge is -2.27. The van der Waals surface area contributed by atoms with Crippen molar-refractivity contribution in [3.05, 3.63) is 23.9 Å². The second-order valence-electron chi connectivity index (χ2n) is 5.90. The normalized spacial score (nSPS) is 30.4. The molecule has 6 heteroatoms. The van der Waals surface area contributed by atoms with Crippen LogP contribution in [0.5, 0.6) is 0 Å². The van der Waals surface area contributed by atoms with Gasteiger partial charge in [-0.15, -0.1) is 0 Å². The summed E-state index contributed by atoms with van der Waals surface area (Å²) in [4.78, 5) is 6.08. The molecule has 0 spiro atoms. The maximum Gasteiger partial charge on any atom is 0.416 e.